The lowest BCUT2D eigenvalue weighted by atomic mass is 10.1. The zero-order valence-corrected chi connectivity index (χ0v) is 11.8. The van der Waals surface area contributed by atoms with Crippen molar-refractivity contribution in [2.24, 2.45) is 5.73 Å². The van der Waals surface area contributed by atoms with Gasteiger partial charge in [0.1, 0.15) is 0 Å². The predicted molar refractivity (Wildman–Crippen MR) is 74.9 cm³/mol. The molecule has 5 heteroatoms. The average molecular weight is 286 g/mol. The van der Waals surface area contributed by atoms with Gasteiger partial charge in [-0.3, -0.25) is 0 Å². The van der Waals surface area contributed by atoms with Gasteiger partial charge in [-0.05, 0) is 37.8 Å². The van der Waals surface area contributed by atoms with Crippen LogP contribution in [0.1, 0.15) is 37.4 Å². The third kappa shape index (κ3) is 3.14. The van der Waals surface area contributed by atoms with E-state index in [1.54, 1.807) is 19.2 Å². The van der Waals surface area contributed by atoms with E-state index in [-0.39, 0.29) is 12.6 Å². The molecule has 1 aliphatic carbocycles. The summed E-state index contributed by atoms with van der Waals surface area (Å²) in [4.78, 5) is 0. The van der Waals surface area contributed by atoms with Crippen LogP contribution in [-0.4, -0.2) is 24.9 Å². The smallest absolute Gasteiger partial charge is 0.168 e. The van der Waals surface area contributed by atoms with Crippen LogP contribution in [-0.2, 0) is 0 Å². The Balaban J connectivity index is 2.37. The zero-order chi connectivity index (χ0) is 13.8. The summed E-state index contributed by atoms with van der Waals surface area (Å²) in [5, 5.41) is 10.5. The predicted octanol–water partition coefficient (Wildman–Crippen LogP) is 2.66. The minimum absolute atomic E-state index is 0.0912. The molecular formula is C14H20ClNO3. The fourth-order valence-electron chi connectivity index (χ4n) is 2.44. The van der Waals surface area contributed by atoms with Gasteiger partial charge in [-0.15, -0.1) is 0 Å². The highest BCUT2D eigenvalue weighted by Gasteiger charge is 2.25. The number of aliphatic hydroxyl groups is 1. The molecule has 3 N–H and O–H groups in total. The normalized spacial score (nSPS) is 17.5. The molecule has 0 radical (unpaired) electrons. The van der Waals surface area contributed by atoms with E-state index in [1.807, 2.05) is 0 Å². The molecule has 1 atom stereocenters. The standard InChI is InChI=1S/C14H20ClNO3/c1-18-12-7-6-10(15)13(11(17)8-16)14(12)19-9-4-2-3-5-9/h6-7,9,11,17H,2-5,8,16H2,1H3. The second kappa shape index (κ2) is 6.46. The summed E-state index contributed by atoms with van der Waals surface area (Å²) in [6, 6.07) is 3.44. The van der Waals surface area contributed by atoms with Crippen molar-refractivity contribution in [1.82, 2.24) is 0 Å². The average Bonchev–Trinajstić information content (AvgIpc) is 2.91. The first-order valence-corrected chi connectivity index (χ1v) is 6.96. The largest absolute Gasteiger partial charge is 0.493 e. The van der Waals surface area contributed by atoms with Gasteiger partial charge in [-0.1, -0.05) is 11.6 Å². The molecule has 1 saturated carbocycles. The van der Waals surface area contributed by atoms with Gasteiger partial charge in [0.2, 0.25) is 0 Å². The summed E-state index contributed by atoms with van der Waals surface area (Å²) in [5.41, 5.74) is 6.06. The van der Waals surface area contributed by atoms with Crippen molar-refractivity contribution in [3.8, 4) is 11.5 Å². The number of hydrogen-bond donors (Lipinski definition) is 2. The molecule has 1 aromatic carbocycles. The molecule has 1 aliphatic rings. The van der Waals surface area contributed by atoms with E-state index in [9.17, 15) is 5.11 Å². The Morgan fingerprint density at radius 3 is 2.68 bits per heavy atom. The molecule has 0 amide bonds. The SMILES string of the molecule is COc1ccc(Cl)c(C(O)CN)c1OC1CCCC1. The van der Waals surface area contributed by atoms with Crippen molar-refractivity contribution in [3.05, 3.63) is 22.7 Å². The second-order valence-electron chi connectivity index (χ2n) is 4.77. The maximum Gasteiger partial charge on any atom is 0.168 e. The van der Waals surface area contributed by atoms with Crippen molar-refractivity contribution in [2.75, 3.05) is 13.7 Å². The third-order valence-electron chi connectivity index (χ3n) is 3.47. The minimum Gasteiger partial charge on any atom is -0.493 e. The lowest BCUT2D eigenvalue weighted by molar-refractivity contribution is 0.162. The van der Waals surface area contributed by atoms with E-state index >= 15 is 0 Å². The van der Waals surface area contributed by atoms with E-state index in [2.05, 4.69) is 0 Å². The van der Waals surface area contributed by atoms with E-state index in [4.69, 9.17) is 26.8 Å². The Bertz CT molecular complexity index is 433. The molecule has 0 aromatic heterocycles. The fraction of sp³-hybridized carbons (Fsp3) is 0.571. The maximum atomic E-state index is 10.0. The maximum absolute atomic E-state index is 10.0. The Labute approximate surface area is 118 Å². The van der Waals surface area contributed by atoms with Crippen LogP contribution < -0.4 is 15.2 Å². The van der Waals surface area contributed by atoms with Gasteiger partial charge < -0.3 is 20.3 Å². The first-order valence-electron chi connectivity index (χ1n) is 6.58. The van der Waals surface area contributed by atoms with Crippen molar-refractivity contribution in [2.45, 2.75) is 37.9 Å². The number of rotatable bonds is 5. The molecule has 4 nitrogen and oxygen atoms in total. The second-order valence-corrected chi connectivity index (χ2v) is 5.18. The molecule has 1 aromatic rings. The van der Waals surface area contributed by atoms with Crippen LogP contribution in [0.4, 0.5) is 0 Å². The number of ether oxygens (including phenoxy) is 2. The zero-order valence-electron chi connectivity index (χ0n) is 11.1. The van der Waals surface area contributed by atoms with Crippen LogP contribution in [0.25, 0.3) is 0 Å². The summed E-state index contributed by atoms with van der Waals surface area (Å²) in [7, 11) is 1.57. The molecule has 2 rings (SSSR count). The number of hydrogen-bond acceptors (Lipinski definition) is 4. The number of aliphatic hydroxyl groups excluding tert-OH is 1. The molecule has 0 spiro atoms. The van der Waals surface area contributed by atoms with Gasteiger partial charge in [0.25, 0.3) is 0 Å². The van der Waals surface area contributed by atoms with Crippen LogP contribution in [0.2, 0.25) is 5.02 Å². The van der Waals surface area contributed by atoms with Crippen LogP contribution in [0, 0.1) is 0 Å². The van der Waals surface area contributed by atoms with Gasteiger partial charge in [0, 0.05) is 12.1 Å². The van der Waals surface area contributed by atoms with Crippen molar-refractivity contribution in [1.29, 1.82) is 0 Å². The molecule has 1 fully saturated rings. The summed E-state index contributed by atoms with van der Waals surface area (Å²) in [6.07, 6.45) is 3.70. The number of methoxy groups -OCH3 is 1. The molecule has 0 bridgehead atoms. The quantitative estimate of drug-likeness (QED) is 0.873. The molecule has 0 heterocycles. The molecule has 0 aliphatic heterocycles. The first-order chi connectivity index (χ1) is 9.17. The molecular weight excluding hydrogens is 266 g/mol. The minimum atomic E-state index is -0.848. The monoisotopic (exact) mass is 285 g/mol. The summed E-state index contributed by atoms with van der Waals surface area (Å²) in [5.74, 6) is 1.11. The van der Waals surface area contributed by atoms with Gasteiger partial charge in [-0.2, -0.15) is 0 Å². The van der Waals surface area contributed by atoms with Crippen molar-refractivity contribution >= 4 is 11.6 Å². The van der Waals surface area contributed by atoms with E-state index in [0.717, 1.165) is 12.8 Å². The molecule has 19 heavy (non-hydrogen) atoms. The number of nitrogens with two attached hydrogens (primary N) is 1. The third-order valence-corrected chi connectivity index (χ3v) is 3.80. The van der Waals surface area contributed by atoms with Crippen LogP contribution in [0.15, 0.2) is 12.1 Å². The highest BCUT2D eigenvalue weighted by Crippen LogP contribution is 2.41. The Kier molecular flexibility index (Phi) is 4.91. The van der Waals surface area contributed by atoms with Crippen molar-refractivity contribution < 1.29 is 14.6 Å². The number of benzene rings is 1. The molecule has 106 valence electrons. The van der Waals surface area contributed by atoms with Gasteiger partial charge in [0.15, 0.2) is 11.5 Å². The van der Waals surface area contributed by atoms with Crippen molar-refractivity contribution in [3.63, 3.8) is 0 Å². The lowest BCUT2D eigenvalue weighted by Gasteiger charge is -2.22. The summed E-state index contributed by atoms with van der Waals surface area (Å²) < 4.78 is 11.3. The molecule has 0 saturated heterocycles. The highest BCUT2D eigenvalue weighted by atomic mass is 35.5. The Hall–Kier alpha value is -0.970. The summed E-state index contributed by atoms with van der Waals surface area (Å²) in [6.45, 7) is 0.0912. The van der Waals surface area contributed by atoms with Gasteiger partial charge >= 0.3 is 0 Å². The highest BCUT2D eigenvalue weighted by molar-refractivity contribution is 6.31. The fourth-order valence-corrected chi connectivity index (χ4v) is 2.71. The topological polar surface area (TPSA) is 64.7 Å². The Morgan fingerprint density at radius 2 is 2.11 bits per heavy atom. The van der Waals surface area contributed by atoms with Gasteiger partial charge in [-0.25, -0.2) is 0 Å². The van der Waals surface area contributed by atoms with Crippen LogP contribution in [0.3, 0.4) is 0 Å². The number of halogens is 1. The van der Waals surface area contributed by atoms with Crippen LogP contribution >= 0.6 is 11.6 Å². The van der Waals surface area contributed by atoms with E-state index in [1.165, 1.54) is 12.8 Å². The molecule has 1 unspecified atom stereocenters. The Morgan fingerprint density at radius 1 is 1.42 bits per heavy atom. The first kappa shape index (κ1) is 14.4. The summed E-state index contributed by atoms with van der Waals surface area (Å²) >= 11 is 6.17. The van der Waals surface area contributed by atoms with E-state index < -0.39 is 6.10 Å². The lowest BCUT2D eigenvalue weighted by Crippen LogP contribution is -2.17. The van der Waals surface area contributed by atoms with Gasteiger partial charge in [0.05, 0.1) is 24.3 Å². The van der Waals surface area contributed by atoms with Crippen LogP contribution in [0.5, 0.6) is 11.5 Å². The van der Waals surface area contributed by atoms with E-state index in [0.29, 0.717) is 22.1 Å².